The highest BCUT2D eigenvalue weighted by atomic mass is 16.6. The molecule has 0 saturated heterocycles. The minimum atomic E-state index is -1.09. The van der Waals surface area contributed by atoms with Gasteiger partial charge in [0.15, 0.2) is 30.0 Å². The molecule has 1 aromatic heterocycles. The minimum absolute atomic E-state index is 0.0383. The maximum atomic E-state index is 15.2. The molecule has 0 N–H and O–H groups in total. The number of carbonyl (C=O) groups is 3. The zero-order valence-corrected chi connectivity index (χ0v) is 36.5. The molecule has 5 aliphatic rings. The van der Waals surface area contributed by atoms with Crippen LogP contribution in [0.3, 0.4) is 0 Å². The second-order valence-corrected chi connectivity index (χ2v) is 20.3. The maximum Gasteiger partial charge on any atom is 0.519 e. The largest absolute Gasteiger partial charge is 0.519 e. The standard InChI is InChI=1S/C51H62O9/c1-9-28-56-40-21-22-48(5)39(51(40,8)44(54)57-31-38-32(2)58-45(55)59-38)20-23-50(7)42(48)37(52)29-35-36-30-47(4,25-24-46(36,3)26-27-49(35,50)6)43(53)60-41(33-16-12-10-13-17-33)34-18-14-11-15-19-34/h9-19,29,36,39-42H,1,20-28,30-31H2,2-8H3/t36-,39+,40-,42?,46+,47-,48-,49+,50+,51-/m0/s1. The molecule has 1 heterocycles. The monoisotopic (exact) mass is 818 g/mol. The van der Waals surface area contributed by atoms with E-state index < -0.39 is 45.7 Å². The average Bonchev–Trinajstić information content (AvgIpc) is 3.56. The summed E-state index contributed by atoms with van der Waals surface area (Å²) in [5.74, 6) is -1.42. The molecule has 0 radical (unpaired) electrons. The van der Waals surface area contributed by atoms with Gasteiger partial charge in [-0.25, -0.2) is 4.79 Å². The van der Waals surface area contributed by atoms with Crippen LogP contribution in [0.2, 0.25) is 0 Å². The number of rotatable bonds is 10. The third kappa shape index (κ3) is 6.51. The first-order chi connectivity index (χ1) is 28.4. The van der Waals surface area contributed by atoms with Gasteiger partial charge >= 0.3 is 17.8 Å². The zero-order chi connectivity index (χ0) is 42.9. The Hall–Kier alpha value is -4.50. The van der Waals surface area contributed by atoms with E-state index in [0.29, 0.717) is 19.3 Å². The molecule has 9 nitrogen and oxygen atoms in total. The number of aryl methyl sites for hydroxylation is 1. The molecule has 9 heteroatoms. The quantitative estimate of drug-likeness (QED) is 0.145. The van der Waals surface area contributed by atoms with Crippen LogP contribution >= 0.6 is 0 Å². The lowest BCUT2D eigenvalue weighted by Crippen LogP contribution is -2.68. The Morgan fingerprint density at radius 2 is 1.48 bits per heavy atom. The third-order valence-corrected chi connectivity index (χ3v) is 17.1. The van der Waals surface area contributed by atoms with Gasteiger partial charge < -0.3 is 23.0 Å². The first-order valence-corrected chi connectivity index (χ1v) is 22.0. The van der Waals surface area contributed by atoms with Gasteiger partial charge in [0, 0.05) is 5.92 Å². The van der Waals surface area contributed by atoms with Crippen molar-refractivity contribution in [2.45, 2.75) is 125 Å². The second-order valence-electron chi connectivity index (χ2n) is 20.3. The summed E-state index contributed by atoms with van der Waals surface area (Å²) in [6.07, 6.45) is 9.66. The van der Waals surface area contributed by atoms with E-state index in [0.717, 1.165) is 49.7 Å². The van der Waals surface area contributed by atoms with Crippen molar-refractivity contribution in [3.05, 3.63) is 118 Å². The summed E-state index contributed by atoms with van der Waals surface area (Å²) >= 11 is 0. The van der Waals surface area contributed by atoms with Crippen molar-refractivity contribution in [1.82, 2.24) is 0 Å². The number of allylic oxidation sites excluding steroid dienone is 2. The summed E-state index contributed by atoms with van der Waals surface area (Å²) in [5.41, 5.74) is -0.0411. The summed E-state index contributed by atoms with van der Waals surface area (Å²) in [5, 5.41) is 0. The maximum absolute atomic E-state index is 15.2. The normalized spacial score (nSPS) is 37.1. The van der Waals surface area contributed by atoms with Crippen molar-refractivity contribution in [1.29, 1.82) is 0 Å². The highest BCUT2D eigenvalue weighted by molar-refractivity contribution is 5.96. The molecule has 10 atom stereocenters. The van der Waals surface area contributed by atoms with Gasteiger partial charge in [0.1, 0.15) is 0 Å². The number of carbonyl (C=O) groups excluding carboxylic acids is 3. The second kappa shape index (κ2) is 15.1. The van der Waals surface area contributed by atoms with E-state index in [1.54, 1.807) is 13.0 Å². The van der Waals surface area contributed by atoms with E-state index in [2.05, 4.69) is 41.2 Å². The lowest BCUT2D eigenvalue weighted by atomic mass is 9.33. The molecule has 0 amide bonds. The van der Waals surface area contributed by atoms with Crippen LogP contribution in [0.5, 0.6) is 0 Å². The van der Waals surface area contributed by atoms with Crippen LogP contribution in [0.1, 0.15) is 128 Å². The van der Waals surface area contributed by atoms with Crippen molar-refractivity contribution >= 4 is 17.7 Å². The fourth-order valence-electron chi connectivity index (χ4n) is 13.4. The summed E-state index contributed by atoms with van der Waals surface area (Å²) < 4.78 is 29.1. The summed E-state index contributed by atoms with van der Waals surface area (Å²) in [7, 11) is 0. The van der Waals surface area contributed by atoms with Gasteiger partial charge in [-0.1, -0.05) is 100 Å². The molecular weight excluding hydrogens is 757 g/mol. The topological polar surface area (TPSA) is 122 Å². The van der Waals surface area contributed by atoms with Crippen LogP contribution in [0, 0.1) is 57.2 Å². The lowest BCUT2D eigenvalue weighted by Gasteiger charge is -2.70. The predicted octanol–water partition coefficient (Wildman–Crippen LogP) is 10.4. The number of ether oxygens (including phenoxy) is 3. The molecule has 4 saturated carbocycles. The minimum Gasteiger partial charge on any atom is -0.457 e. The molecule has 0 bridgehead atoms. The van der Waals surface area contributed by atoms with Crippen molar-refractivity contribution < 1.29 is 37.4 Å². The van der Waals surface area contributed by atoms with Crippen LogP contribution in [0.25, 0.3) is 0 Å². The van der Waals surface area contributed by atoms with Gasteiger partial charge in [-0.3, -0.25) is 14.4 Å². The fourth-order valence-corrected chi connectivity index (χ4v) is 13.4. The van der Waals surface area contributed by atoms with E-state index in [-0.39, 0.29) is 65.1 Å². The predicted molar refractivity (Wildman–Crippen MR) is 226 cm³/mol. The summed E-state index contributed by atoms with van der Waals surface area (Å²) in [6, 6.07) is 19.9. The molecule has 0 aliphatic heterocycles. The summed E-state index contributed by atoms with van der Waals surface area (Å²) in [4.78, 5) is 56.1. The van der Waals surface area contributed by atoms with E-state index in [1.165, 1.54) is 5.57 Å². The number of benzene rings is 2. The fraction of sp³-hybridized carbons (Fsp3) is 0.569. The van der Waals surface area contributed by atoms with Crippen molar-refractivity contribution in [2.24, 2.45) is 50.2 Å². The Kier molecular flexibility index (Phi) is 10.6. The molecule has 320 valence electrons. The summed E-state index contributed by atoms with van der Waals surface area (Å²) in [6.45, 7) is 18.8. The Morgan fingerprint density at radius 1 is 0.833 bits per heavy atom. The molecule has 5 aliphatic carbocycles. The van der Waals surface area contributed by atoms with E-state index in [4.69, 9.17) is 23.0 Å². The molecule has 1 unspecified atom stereocenters. The van der Waals surface area contributed by atoms with E-state index in [1.807, 2.05) is 73.7 Å². The van der Waals surface area contributed by atoms with E-state index >= 15 is 4.79 Å². The molecule has 8 rings (SSSR count). The Labute approximate surface area is 354 Å². The molecular formula is C51H62O9. The SMILES string of the molecule is C=CCO[C@H]1CC[C@]2(C)C3C(=O)C=C4[C@@H]5C[C@@](C)(C(=O)OC(c6ccccc6)c6ccccc6)CC[C@]5(C)CC[C@@]4(C)[C@]3(C)CC[C@H]2[C@]1(C)C(=O)OCc1oc(=O)oc1C. The Bertz CT molecular complexity index is 2200. The average molecular weight is 819 g/mol. The van der Waals surface area contributed by atoms with Gasteiger partial charge in [0.2, 0.25) is 0 Å². The van der Waals surface area contributed by atoms with Crippen LogP contribution in [-0.4, -0.2) is 30.4 Å². The Balaban J connectivity index is 1.11. The molecule has 3 aromatic rings. The van der Waals surface area contributed by atoms with Crippen molar-refractivity contribution in [2.75, 3.05) is 6.61 Å². The molecule has 60 heavy (non-hydrogen) atoms. The Morgan fingerprint density at radius 3 is 2.10 bits per heavy atom. The van der Waals surface area contributed by atoms with Crippen LogP contribution in [0.15, 0.2) is 98.6 Å². The number of esters is 2. The van der Waals surface area contributed by atoms with Crippen LogP contribution in [-0.2, 0) is 35.2 Å². The smallest absolute Gasteiger partial charge is 0.457 e. The number of hydrogen-bond donors (Lipinski definition) is 0. The van der Waals surface area contributed by atoms with Gasteiger partial charge in [-0.15, -0.1) is 6.58 Å². The first-order valence-electron chi connectivity index (χ1n) is 22.0. The number of ketones is 1. The van der Waals surface area contributed by atoms with Crippen molar-refractivity contribution in [3.63, 3.8) is 0 Å². The highest BCUT2D eigenvalue weighted by Gasteiger charge is 2.72. The van der Waals surface area contributed by atoms with Gasteiger partial charge in [0.05, 0.1) is 23.5 Å². The third-order valence-electron chi connectivity index (χ3n) is 17.1. The van der Waals surface area contributed by atoms with Gasteiger partial charge in [-0.2, -0.15) is 0 Å². The van der Waals surface area contributed by atoms with E-state index in [9.17, 15) is 14.4 Å². The molecule has 2 aromatic carbocycles. The number of hydrogen-bond acceptors (Lipinski definition) is 9. The van der Waals surface area contributed by atoms with Crippen LogP contribution in [0.4, 0.5) is 0 Å². The molecule has 4 fully saturated rings. The number of fused-ring (bicyclic) bond motifs is 7. The van der Waals surface area contributed by atoms with Crippen molar-refractivity contribution in [3.8, 4) is 0 Å². The molecule has 0 spiro atoms. The van der Waals surface area contributed by atoms with Gasteiger partial charge in [0.25, 0.3) is 0 Å². The van der Waals surface area contributed by atoms with Gasteiger partial charge in [-0.05, 0) is 129 Å². The first kappa shape index (κ1) is 42.2. The lowest BCUT2D eigenvalue weighted by molar-refractivity contribution is -0.223. The highest BCUT2D eigenvalue weighted by Crippen LogP contribution is 2.75. The van der Waals surface area contributed by atoms with Crippen LogP contribution < -0.4 is 5.82 Å². The zero-order valence-electron chi connectivity index (χ0n) is 36.5.